The van der Waals surface area contributed by atoms with Gasteiger partial charge in [0.2, 0.25) is 0 Å². The van der Waals surface area contributed by atoms with Gasteiger partial charge in [0.25, 0.3) is 5.91 Å². The number of hydrazine groups is 1. The van der Waals surface area contributed by atoms with Crippen molar-refractivity contribution in [2.75, 3.05) is 12.4 Å². The molecule has 5 nitrogen and oxygen atoms in total. The Hall–Kier alpha value is -1.64. The van der Waals surface area contributed by atoms with Crippen LogP contribution in [0.2, 0.25) is 0 Å². The number of hydrogen-bond donors (Lipinski definition) is 3. The molecule has 3 N–H and O–H groups in total. The van der Waals surface area contributed by atoms with Crippen molar-refractivity contribution < 1.29 is 9.53 Å². The summed E-state index contributed by atoms with van der Waals surface area (Å²) < 4.78 is 5.99. The van der Waals surface area contributed by atoms with Crippen LogP contribution < -0.4 is 20.9 Å². The van der Waals surface area contributed by atoms with Gasteiger partial charge < -0.3 is 10.1 Å². The summed E-state index contributed by atoms with van der Waals surface area (Å²) in [6.45, 7) is 0. The van der Waals surface area contributed by atoms with Crippen LogP contribution in [0, 0.1) is 0 Å². The number of rotatable bonds is 3. The molecule has 1 aromatic heterocycles. The SMILES string of the molecule is COc1cccc(NC(=S)NNC(=O)c2cc(Br)cs2)c1. The van der Waals surface area contributed by atoms with Gasteiger partial charge in [-0.15, -0.1) is 11.3 Å². The third-order valence-corrected chi connectivity index (χ3v) is 4.30. The number of carbonyl (C=O) groups excluding carboxylic acids is 1. The summed E-state index contributed by atoms with van der Waals surface area (Å²) >= 11 is 9.74. The molecule has 1 heterocycles. The van der Waals surface area contributed by atoms with Crippen molar-refractivity contribution in [3.05, 3.63) is 45.1 Å². The van der Waals surface area contributed by atoms with Gasteiger partial charge in [0.05, 0.1) is 12.0 Å². The highest BCUT2D eigenvalue weighted by Gasteiger charge is 2.08. The molecule has 0 atom stereocenters. The van der Waals surface area contributed by atoms with Crippen molar-refractivity contribution in [3.63, 3.8) is 0 Å². The van der Waals surface area contributed by atoms with E-state index in [9.17, 15) is 4.79 Å². The van der Waals surface area contributed by atoms with E-state index >= 15 is 0 Å². The van der Waals surface area contributed by atoms with Gasteiger partial charge in [0, 0.05) is 21.6 Å². The monoisotopic (exact) mass is 385 g/mol. The zero-order valence-electron chi connectivity index (χ0n) is 11.0. The molecule has 0 saturated carbocycles. The van der Waals surface area contributed by atoms with Gasteiger partial charge >= 0.3 is 0 Å². The minimum Gasteiger partial charge on any atom is -0.497 e. The van der Waals surface area contributed by atoms with Crippen LogP contribution in [0.15, 0.2) is 40.2 Å². The average Bonchev–Trinajstić information content (AvgIpc) is 2.91. The van der Waals surface area contributed by atoms with Crippen molar-refractivity contribution in [1.82, 2.24) is 10.9 Å². The number of thiocarbonyl (C=S) groups is 1. The summed E-state index contributed by atoms with van der Waals surface area (Å²) in [6.07, 6.45) is 0. The topological polar surface area (TPSA) is 62.4 Å². The summed E-state index contributed by atoms with van der Waals surface area (Å²) in [5.41, 5.74) is 5.94. The summed E-state index contributed by atoms with van der Waals surface area (Å²) in [5.74, 6) is 0.468. The Labute approximate surface area is 139 Å². The molecule has 21 heavy (non-hydrogen) atoms. The molecule has 0 radical (unpaired) electrons. The Morgan fingerprint density at radius 3 is 2.81 bits per heavy atom. The van der Waals surface area contributed by atoms with Crippen molar-refractivity contribution in [1.29, 1.82) is 0 Å². The Morgan fingerprint density at radius 1 is 1.33 bits per heavy atom. The Kier molecular flexibility index (Phi) is 5.54. The van der Waals surface area contributed by atoms with E-state index < -0.39 is 0 Å². The largest absolute Gasteiger partial charge is 0.497 e. The number of methoxy groups -OCH3 is 1. The summed E-state index contributed by atoms with van der Waals surface area (Å²) in [7, 11) is 1.59. The molecule has 0 fully saturated rings. The van der Waals surface area contributed by atoms with E-state index in [4.69, 9.17) is 17.0 Å². The lowest BCUT2D eigenvalue weighted by atomic mass is 10.3. The van der Waals surface area contributed by atoms with E-state index in [1.54, 1.807) is 19.2 Å². The molecule has 2 aromatic rings. The second-order valence-corrected chi connectivity index (χ2v) is 6.13. The second kappa shape index (κ2) is 7.39. The van der Waals surface area contributed by atoms with Crippen LogP contribution in [0.3, 0.4) is 0 Å². The smallest absolute Gasteiger partial charge is 0.279 e. The number of nitrogens with one attached hydrogen (secondary N) is 3. The molecule has 110 valence electrons. The fourth-order valence-corrected chi connectivity index (χ4v) is 2.96. The van der Waals surface area contributed by atoms with Crippen LogP contribution in [-0.2, 0) is 0 Å². The molecular formula is C13H12BrN3O2S2. The highest BCUT2D eigenvalue weighted by Crippen LogP contribution is 2.19. The first-order valence-corrected chi connectivity index (χ1v) is 7.92. The maximum atomic E-state index is 11.8. The lowest BCUT2D eigenvalue weighted by molar-refractivity contribution is 0.0948. The Bertz CT molecular complexity index is 660. The van der Waals surface area contributed by atoms with Gasteiger partial charge in [-0.1, -0.05) is 6.07 Å². The molecule has 0 aliphatic heterocycles. The van der Waals surface area contributed by atoms with Crippen molar-refractivity contribution in [2.45, 2.75) is 0 Å². The molecule has 0 bridgehead atoms. The number of thiophene rings is 1. The lowest BCUT2D eigenvalue weighted by Gasteiger charge is -2.11. The molecular weight excluding hydrogens is 374 g/mol. The van der Waals surface area contributed by atoms with Gasteiger partial charge in [0.1, 0.15) is 5.75 Å². The lowest BCUT2D eigenvalue weighted by Crippen LogP contribution is -2.43. The molecule has 1 aromatic carbocycles. The van der Waals surface area contributed by atoms with Crippen LogP contribution in [0.4, 0.5) is 5.69 Å². The molecule has 0 spiro atoms. The first-order chi connectivity index (χ1) is 10.1. The molecule has 8 heteroatoms. The van der Waals surface area contributed by atoms with Crippen molar-refractivity contribution in [2.24, 2.45) is 0 Å². The number of ether oxygens (including phenoxy) is 1. The maximum absolute atomic E-state index is 11.8. The van der Waals surface area contributed by atoms with E-state index in [0.29, 0.717) is 4.88 Å². The fourth-order valence-electron chi connectivity index (χ4n) is 1.47. The van der Waals surface area contributed by atoms with E-state index in [1.165, 1.54) is 11.3 Å². The first kappa shape index (κ1) is 15.7. The second-order valence-electron chi connectivity index (χ2n) is 3.89. The van der Waals surface area contributed by atoms with Crippen LogP contribution >= 0.6 is 39.5 Å². The predicted octanol–water partition coefficient (Wildman–Crippen LogP) is 3.15. The average molecular weight is 386 g/mol. The predicted molar refractivity (Wildman–Crippen MR) is 91.8 cm³/mol. The molecule has 0 aliphatic carbocycles. The zero-order chi connectivity index (χ0) is 15.2. The minimum absolute atomic E-state index is 0.250. The normalized spacial score (nSPS) is 9.81. The number of benzene rings is 1. The number of anilines is 1. The number of carbonyl (C=O) groups is 1. The van der Waals surface area contributed by atoms with E-state index in [-0.39, 0.29) is 11.0 Å². The molecule has 2 rings (SSSR count). The van der Waals surface area contributed by atoms with Crippen LogP contribution in [0.25, 0.3) is 0 Å². The number of halogens is 1. The molecule has 0 unspecified atom stereocenters. The fraction of sp³-hybridized carbons (Fsp3) is 0.0769. The molecule has 0 saturated heterocycles. The number of amides is 1. The van der Waals surface area contributed by atoms with Crippen LogP contribution in [-0.4, -0.2) is 18.1 Å². The van der Waals surface area contributed by atoms with Crippen molar-refractivity contribution in [3.8, 4) is 5.75 Å². The quantitative estimate of drug-likeness (QED) is 0.559. The van der Waals surface area contributed by atoms with Gasteiger partial charge in [-0.05, 0) is 46.3 Å². The maximum Gasteiger partial charge on any atom is 0.279 e. The standard InChI is InChI=1S/C13H12BrN3O2S2/c1-19-10-4-2-3-9(6-10)15-13(20)17-16-12(18)11-5-8(14)7-21-11/h2-7H,1H3,(H,16,18)(H2,15,17,20). The van der Waals surface area contributed by atoms with E-state index in [0.717, 1.165) is 15.9 Å². The third-order valence-electron chi connectivity index (χ3n) is 2.41. The summed E-state index contributed by atoms with van der Waals surface area (Å²) in [5, 5.41) is 5.07. The van der Waals surface area contributed by atoms with Gasteiger partial charge in [-0.25, -0.2) is 0 Å². The highest BCUT2D eigenvalue weighted by atomic mass is 79.9. The summed E-state index contributed by atoms with van der Waals surface area (Å²) in [4.78, 5) is 12.4. The van der Waals surface area contributed by atoms with Gasteiger partial charge in [0.15, 0.2) is 5.11 Å². The zero-order valence-corrected chi connectivity index (χ0v) is 14.2. The molecule has 0 aliphatic rings. The van der Waals surface area contributed by atoms with Crippen LogP contribution in [0.5, 0.6) is 5.75 Å². The van der Waals surface area contributed by atoms with E-state index in [1.807, 2.05) is 23.6 Å². The van der Waals surface area contributed by atoms with Gasteiger partial charge in [-0.2, -0.15) is 0 Å². The Balaban J connectivity index is 1.85. The Morgan fingerprint density at radius 2 is 2.14 bits per heavy atom. The van der Waals surface area contributed by atoms with Crippen LogP contribution in [0.1, 0.15) is 9.67 Å². The minimum atomic E-state index is -0.250. The van der Waals surface area contributed by atoms with Gasteiger partial charge in [-0.3, -0.25) is 15.6 Å². The highest BCUT2D eigenvalue weighted by molar-refractivity contribution is 9.10. The summed E-state index contributed by atoms with van der Waals surface area (Å²) in [6, 6.07) is 9.05. The number of hydrogen-bond acceptors (Lipinski definition) is 4. The third kappa shape index (κ3) is 4.69. The first-order valence-electron chi connectivity index (χ1n) is 5.84. The van der Waals surface area contributed by atoms with Crippen molar-refractivity contribution >= 4 is 56.2 Å². The molecule has 1 amide bonds. The van der Waals surface area contributed by atoms with E-state index in [2.05, 4.69) is 32.1 Å².